The van der Waals surface area contributed by atoms with Crippen molar-refractivity contribution >= 4 is 0 Å². The highest BCUT2D eigenvalue weighted by atomic mass is 19.1. The highest BCUT2D eigenvalue weighted by molar-refractivity contribution is 5.30. The Morgan fingerprint density at radius 2 is 2.00 bits per heavy atom. The van der Waals surface area contributed by atoms with Crippen LogP contribution in [0.25, 0.3) is 0 Å². The second-order valence-electron chi connectivity index (χ2n) is 5.28. The second kappa shape index (κ2) is 6.30. The summed E-state index contributed by atoms with van der Waals surface area (Å²) in [4.78, 5) is 1.61. The number of halogens is 1. The Morgan fingerprint density at radius 3 is 2.67 bits per heavy atom. The van der Waals surface area contributed by atoms with E-state index >= 15 is 0 Å². The Hall–Kier alpha value is -0.930. The van der Waals surface area contributed by atoms with Crippen molar-refractivity contribution in [3.05, 3.63) is 35.1 Å². The minimum atomic E-state index is -0.0898. The van der Waals surface area contributed by atoms with E-state index in [0.29, 0.717) is 6.04 Å². The monoisotopic (exact) mass is 252 g/mol. The van der Waals surface area contributed by atoms with E-state index in [4.69, 9.17) is 0 Å². The summed E-state index contributed by atoms with van der Waals surface area (Å²) in [5.41, 5.74) is 2.56. The minimum Gasteiger partial charge on any atom is -0.337 e. The summed E-state index contributed by atoms with van der Waals surface area (Å²) in [5, 5.41) is 2.36. The molecule has 0 fully saturated rings. The van der Waals surface area contributed by atoms with E-state index in [-0.39, 0.29) is 5.82 Å². The van der Waals surface area contributed by atoms with Gasteiger partial charge in [-0.25, -0.2) is 4.39 Å². The number of hydrogen-bond donors (Lipinski definition) is 2. The number of quaternary nitrogens is 2. The molecule has 3 N–H and O–H groups in total. The van der Waals surface area contributed by atoms with Crippen molar-refractivity contribution in [3.8, 4) is 0 Å². The first-order valence-corrected chi connectivity index (χ1v) is 7.20. The molecule has 0 unspecified atom stereocenters. The van der Waals surface area contributed by atoms with E-state index in [1.807, 2.05) is 6.07 Å². The van der Waals surface area contributed by atoms with Crippen molar-refractivity contribution < 1.29 is 14.6 Å². The lowest BCUT2D eigenvalue weighted by atomic mass is 9.95. The fraction of sp³-hybridized carbons (Fsp3) is 0.600. The molecule has 0 radical (unpaired) electrons. The van der Waals surface area contributed by atoms with Crippen molar-refractivity contribution in [1.29, 1.82) is 0 Å². The quantitative estimate of drug-likeness (QED) is 0.768. The molecule has 1 aliphatic rings. The Balaban J connectivity index is 2.26. The predicted octanol–water partition coefficient (Wildman–Crippen LogP) is 0.649. The molecule has 1 aliphatic heterocycles. The molecule has 0 saturated carbocycles. The van der Waals surface area contributed by atoms with Crippen LogP contribution >= 0.6 is 0 Å². The second-order valence-corrected chi connectivity index (χ2v) is 5.28. The van der Waals surface area contributed by atoms with E-state index in [0.717, 1.165) is 13.1 Å². The van der Waals surface area contributed by atoms with Crippen LogP contribution < -0.4 is 10.2 Å². The largest absolute Gasteiger partial charge is 0.337 e. The van der Waals surface area contributed by atoms with Crippen LogP contribution in [-0.2, 0) is 6.54 Å². The number of rotatable bonds is 5. The molecule has 1 aromatic rings. The molecule has 1 heterocycles. The first-order valence-electron chi connectivity index (χ1n) is 7.20. The molecule has 0 aliphatic carbocycles. The Kier molecular flexibility index (Phi) is 4.72. The third-order valence-corrected chi connectivity index (χ3v) is 3.88. The zero-order valence-corrected chi connectivity index (χ0v) is 11.5. The van der Waals surface area contributed by atoms with Gasteiger partial charge in [-0.3, -0.25) is 0 Å². The molecule has 2 rings (SSSR count). The number of nitrogens with one attached hydrogen (secondary N) is 1. The highest BCUT2D eigenvalue weighted by Crippen LogP contribution is 2.18. The molecule has 0 bridgehead atoms. The van der Waals surface area contributed by atoms with Crippen molar-refractivity contribution in [3.63, 3.8) is 0 Å². The van der Waals surface area contributed by atoms with Crippen LogP contribution in [0.1, 0.15) is 43.9 Å². The Bertz CT molecular complexity index is 386. The highest BCUT2D eigenvalue weighted by Gasteiger charge is 2.30. The van der Waals surface area contributed by atoms with Crippen molar-refractivity contribution in [2.24, 2.45) is 0 Å². The molecule has 2 nitrogen and oxygen atoms in total. The van der Waals surface area contributed by atoms with Gasteiger partial charge >= 0.3 is 0 Å². The van der Waals surface area contributed by atoms with Gasteiger partial charge in [0.25, 0.3) is 0 Å². The third-order valence-electron chi connectivity index (χ3n) is 3.88. The van der Waals surface area contributed by atoms with E-state index in [9.17, 15) is 4.39 Å². The minimum absolute atomic E-state index is 0.0898. The van der Waals surface area contributed by atoms with E-state index in [1.165, 1.54) is 37.1 Å². The van der Waals surface area contributed by atoms with E-state index in [1.54, 1.807) is 17.0 Å². The lowest BCUT2D eigenvalue weighted by Gasteiger charge is -2.31. The first-order chi connectivity index (χ1) is 8.76. The summed E-state index contributed by atoms with van der Waals surface area (Å²) in [6.07, 6.45) is 2.38. The summed E-state index contributed by atoms with van der Waals surface area (Å²) < 4.78 is 13.5. The first kappa shape index (κ1) is 13.5. The molecule has 3 heteroatoms. The van der Waals surface area contributed by atoms with E-state index in [2.05, 4.69) is 19.2 Å². The lowest BCUT2D eigenvalue weighted by molar-refractivity contribution is -0.948. The SMILES string of the molecule is CCC[NH+](CCC)[C@H]1C[NH2+]Cc2ccc(F)cc21. The number of benzene rings is 1. The van der Waals surface area contributed by atoms with Crippen LogP contribution in [0, 0.1) is 5.82 Å². The Labute approximate surface area is 109 Å². The molecule has 0 aromatic heterocycles. The van der Waals surface area contributed by atoms with Gasteiger partial charge in [0.2, 0.25) is 0 Å². The Morgan fingerprint density at radius 1 is 1.28 bits per heavy atom. The lowest BCUT2D eigenvalue weighted by Crippen LogP contribution is -3.15. The molecule has 0 spiro atoms. The summed E-state index contributed by atoms with van der Waals surface area (Å²) in [5.74, 6) is -0.0898. The number of fused-ring (bicyclic) bond motifs is 1. The van der Waals surface area contributed by atoms with Gasteiger partial charge in [-0.1, -0.05) is 13.8 Å². The van der Waals surface area contributed by atoms with Crippen LogP contribution in [0.4, 0.5) is 4.39 Å². The number of nitrogens with two attached hydrogens (primary N) is 1. The van der Waals surface area contributed by atoms with Crippen molar-refractivity contribution in [2.75, 3.05) is 19.6 Å². The van der Waals surface area contributed by atoms with Gasteiger partial charge in [0.05, 0.1) is 13.1 Å². The standard InChI is InChI=1S/C15H23FN2/c1-3-7-18(8-4-2)15-11-17-10-12-5-6-13(16)9-14(12)15/h5-6,9,15,17H,3-4,7-8,10-11H2,1-2H3/p+2/t15-/m0/s1. The maximum atomic E-state index is 13.5. The van der Waals surface area contributed by atoms with Gasteiger partial charge in [0, 0.05) is 11.1 Å². The summed E-state index contributed by atoms with van der Waals surface area (Å²) >= 11 is 0. The molecule has 18 heavy (non-hydrogen) atoms. The molecule has 1 aromatic carbocycles. The number of hydrogen-bond acceptors (Lipinski definition) is 0. The van der Waals surface area contributed by atoms with Crippen LogP contribution in [-0.4, -0.2) is 19.6 Å². The molecular weight excluding hydrogens is 227 g/mol. The van der Waals surface area contributed by atoms with Gasteiger partial charge in [-0.05, 0) is 31.0 Å². The topological polar surface area (TPSA) is 21.1 Å². The van der Waals surface area contributed by atoms with Gasteiger partial charge in [-0.15, -0.1) is 0 Å². The van der Waals surface area contributed by atoms with E-state index < -0.39 is 0 Å². The third kappa shape index (κ3) is 2.90. The fourth-order valence-corrected chi connectivity index (χ4v) is 3.11. The van der Waals surface area contributed by atoms with Crippen LogP contribution in [0.2, 0.25) is 0 Å². The van der Waals surface area contributed by atoms with Gasteiger partial charge in [0.1, 0.15) is 18.9 Å². The van der Waals surface area contributed by atoms with Gasteiger partial charge < -0.3 is 10.2 Å². The van der Waals surface area contributed by atoms with Crippen molar-refractivity contribution in [1.82, 2.24) is 0 Å². The van der Waals surface area contributed by atoms with Gasteiger partial charge in [-0.2, -0.15) is 0 Å². The summed E-state index contributed by atoms with van der Waals surface area (Å²) in [6.45, 7) is 8.91. The van der Waals surface area contributed by atoms with Crippen LogP contribution in [0.15, 0.2) is 18.2 Å². The summed E-state index contributed by atoms with van der Waals surface area (Å²) in [7, 11) is 0. The molecule has 1 atom stereocenters. The maximum absolute atomic E-state index is 13.5. The maximum Gasteiger partial charge on any atom is 0.163 e. The van der Waals surface area contributed by atoms with Crippen LogP contribution in [0.5, 0.6) is 0 Å². The predicted molar refractivity (Wildman–Crippen MR) is 70.9 cm³/mol. The molecule has 100 valence electrons. The zero-order chi connectivity index (χ0) is 13.0. The average Bonchev–Trinajstić information content (AvgIpc) is 2.38. The smallest absolute Gasteiger partial charge is 0.163 e. The molecule has 0 amide bonds. The van der Waals surface area contributed by atoms with Crippen LogP contribution in [0.3, 0.4) is 0 Å². The average molecular weight is 252 g/mol. The summed E-state index contributed by atoms with van der Waals surface area (Å²) in [6, 6.07) is 5.78. The molecule has 0 saturated heterocycles. The normalized spacial score (nSPS) is 19.0. The zero-order valence-electron chi connectivity index (χ0n) is 11.5. The molecular formula is C15H25FN2+2. The fourth-order valence-electron chi connectivity index (χ4n) is 3.11. The van der Waals surface area contributed by atoms with Gasteiger partial charge in [0.15, 0.2) is 6.04 Å². The van der Waals surface area contributed by atoms with Crippen molar-refractivity contribution in [2.45, 2.75) is 39.3 Å².